The Balaban J connectivity index is 2.29. The lowest BCUT2D eigenvalue weighted by atomic mass is 10.2. The average molecular weight is 284 g/mol. The molecule has 0 spiro atoms. The van der Waals surface area contributed by atoms with Gasteiger partial charge in [0.2, 0.25) is 0 Å². The minimum atomic E-state index is -3.51. The Labute approximate surface area is 114 Å². The standard InChI is InChI=1S/C12H20N4O2S/c1-13-11-5-4-7-14-12(11)19(17,18)16-8-6-10(9-16)15(2)3/h4-5,7,10,13H,6,8-9H2,1-3H3. The Morgan fingerprint density at radius 1 is 1.47 bits per heavy atom. The topological polar surface area (TPSA) is 65.5 Å². The molecule has 0 aliphatic carbocycles. The Hall–Kier alpha value is -1.18. The highest BCUT2D eigenvalue weighted by Crippen LogP contribution is 2.25. The van der Waals surface area contributed by atoms with Gasteiger partial charge in [0.1, 0.15) is 0 Å². The van der Waals surface area contributed by atoms with Crippen LogP contribution in [-0.2, 0) is 10.0 Å². The summed E-state index contributed by atoms with van der Waals surface area (Å²) < 4.78 is 26.7. The van der Waals surface area contributed by atoms with Crippen LogP contribution in [0, 0.1) is 0 Å². The van der Waals surface area contributed by atoms with Crippen LogP contribution in [0.15, 0.2) is 23.4 Å². The highest BCUT2D eigenvalue weighted by atomic mass is 32.2. The largest absolute Gasteiger partial charge is 0.386 e. The van der Waals surface area contributed by atoms with Crippen molar-refractivity contribution in [1.29, 1.82) is 0 Å². The van der Waals surface area contributed by atoms with E-state index in [1.54, 1.807) is 19.2 Å². The van der Waals surface area contributed by atoms with Gasteiger partial charge in [-0.15, -0.1) is 0 Å². The van der Waals surface area contributed by atoms with Crippen LogP contribution in [0.3, 0.4) is 0 Å². The third kappa shape index (κ3) is 2.72. The SMILES string of the molecule is CNc1cccnc1S(=O)(=O)N1CCC(N(C)C)C1. The first-order valence-corrected chi connectivity index (χ1v) is 7.70. The Bertz CT molecular complexity index is 544. The van der Waals surface area contributed by atoms with Crippen molar-refractivity contribution in [3.05, 3.63) is 18.3 Å². The molecule has 1 aliphatic heterocycles. The number of nitrogens with one attached hydrogen (secondary N) is 1. The van der Waals surface area contributed by atoms with Gasteiger partial charge in [0.15, 0.2) is 5.03 Å². The van der Waals surface area contributed by atoms with Gasteiger partial charge in [0, 0.05) is 32.4 Å². The zero-order valence-corrected chi connectivity index (χ0v) is 12.3. The van der Waals surface area contributed by atoms with E-state index >= 15 is 0 Å². The molecule has 1 N–H and O–H groups in total. The molecule has 0 aromatic carbocycles. The Morgan fingerprint density at radius 3 is 2.79 bits per heavy atom. The van der Waals surface area contributed by atoms with Crippen LogP contribution < -0.4 is 5.32 Å². The monoisotopic (exact) mass is 284 g/mol. The van der Waals surface area contributed by atoms with Crippen LogP contribution in [0.2, 0.25) is 0 Å². The van der Waals surface area contributed by atoms with E-state index in [1.807, 2.05) is 14.1 Å². The molecule has 1 atom stereocenters. The summed E-state index contributed by atoms with van der Waals surface area (Å²) in [5.74, 6) is 0. The molecule has 0 bridgehead atoms. The van der Waals surface area contributed by atoms with Crippen LogP contribution in [0.1, 0.15) is 6.42 Å². The number of anilines is 1. The second-order valence-corrected chi connectivity index (χ2v) is 6.73. The van der Waals surface area contributed by atoms with E-state index in [9.17, 15) is 8.42 Å². The maximum atomic E-state index is 12.6. The van der Waals surface area contributed by atoms with Crippen molar-refractivity contribution in [2.75, 3.05) is 39.5 Å². The molecule has 1 aromatic heterocycles. The van der Waals surface area contributed by atoms with Crippen LogP contribution in [0.5, 0.6) is 0 Å². The molecule has 6 nitrogen and oxygen atoms in total. The third-order valence-electron chi connectivity index (χ3n) is 3.48. The summed E-state index contributed by atoms with van der Waals surface area (Å²) in [6.45, 7) is 1.07. The predicted molar refractivity (Wildman–Crippen MR) is 74.6 cm³/mol. The fraction of sp³-hybridized carbons (Fsp3) is 0.583. The first-order chi connectivity index (χ1) is 8.96. The molecule has 0 amide bonds. The van der Waals surface area contributed by atoms with Crippen molar-refractivity contribution < 1.29 is 8.42 Å². The number of hydrogen-bond acceptors (Lipinski definition) is 5. The summed E-state index contributed by atoms with van der Waals surface area (Å²) in [6.07, 6.45) is 2.36. The Morgan fingerprint density at radius 2 is 2.21 bits per heavy atom. The smallest absolute Gasteiger partial charge is 0.262 e. The predicted octanol–water partition coefficient (Wildman–Crippen LogP) is 0.448. The zero-order chi connectivity index (χ0) is 14.0. The molecule has 1 saturated heterocycles. The third-order valence-corrected chi connectivity index (χ3v) is 5.31. The molecule has 1 aromatic rings. The van der Waals surface area contributed by atoms with Gasteiger partial charge in [-0.3, -0.25) is 0 Å². The highest BCUT2D eigenvalue weighted by Gasteiger charge is 2.35. The molecular weight excluding hydrogens is 264 g/mol. The van der Waals surface area contributed by atoms with Crippen molar-refractivity contribution in [1.82, 2.24) is 14.2 Å². The molecule has 2 rings (SSSR count). The summed E-state index contributed by atoms with van der Waals surface area (Å²) in [7, 11) is 2.13. The number of rotatable bonds is 4. The molecule has 19 heavy (non-hydrogen) atoms. The van der Waals surface area contributed by atoms with Crippen molar-refractivity contribution in [3.63, 3.8) is 0 Å². The molecule has 1 unspecified atom stereocenters. The molecule has 7 heteroatoms. The molecule has 1 fully saturated rings. The zero-order valence-electron chi connectivity index (χ0n) is 11.5. The maximum Gasteiger partial charge on any atom is 0.262 e. The van der Waals surface area contributed by atoms with Gasteiger partial charge < -0.3 is 10.2 Å². The fourth-order valence-corrected chi connectivity index (χ4v) is 3.86. The lowest BCUT2D eigenvalue weighted by molar-refractivity contribution is 0.302. The Kier molecular flexibility index (Phi) is 4.07. The van der Waals surface area contributed by atoms with E-state index in [4.69, 9.17) is 0 Å². The maximum absolute atomic E-state index is 12.6. The first-order valence-electron chi connectivity index (χ1n) is 6.26. The molecule has 106 valence electrons. The summed E-state index contributed by atoms with van der Waals surface area (Å²) in [5, 5.41) is 2.99. The lowest BCUT2D eigenvalue weighted by Gasteiger charge is -2.20. The van der Waals surface area contributed by atoms with Gasteiger partial charge in [-0.25, -0.2) is 13.4 Å². The summed E-state index contributed by atoms with van der Waals surface area (Å²) in [5.41, 5.74) is 0.538. The fourth-order valence-electron chi connectivity index (χ4n) is 2.26. The minimum absolute atomic E-state index is 0.108. The summed E-state index contributed by atoms with van der Waals surface area (Å²) in [6, 6.07) is 3.72. The number of pyridine rings is 1. The number of likely N-dealkylation sites (N-methyl/N-ethyl adjacent to an activating group) is 1. The van der Waals surface area contributed by atoms with Crippen LogP contribution in [-0.4, -0.2) is 62.9 Å². The van der Waals surface area contributed by atoms with E-state index in [0.717, 1.165) is 6.42 Å². The van der Waals surface area contributed by atoms with Crippen LogP contribution in [0.25, 0.3) is 0 Å². The summed E-state index contributed by atoms with van der Waals surface area (Å²) in [4.78, 5) is 6.09. The van der Waals surface area contributed by atoms with Crippen LogP contribution >= 0.6 is 0 Å². The first kappa shape index (κ1) is 14.2. The van der Waals surface area contributed by atoms with Crippen molar-refractivity contribution >= 4 is 15.7 Å². The molecular formula is C12H20N4O2S. The van der Waals surface area contributed by atoms with Gasteiger partial charge in [0.05, 0.1) is 5.69 Å². The van der Waals surface area contributed by atoms with Gasteiger partial charge in [-0.1, -0.05) is 0 Å². The summed E-state index contributed by atoms with van der Waals surface area (Å²) >= 11 is 0. The van der Waals surface area contributed by atoms with E-state index in [1.165, 1.54) is 10.5 Å². The molecule has 0 saturated carbocycles. The second kappa shape index (κ2) is 5.44. The van der Waals surface area contributed by atoms with Crippen molar-refractivity contribution in [2.45, 2.75) is 17.5 Å². The van der Waals surface area contributed by atoms with Gasteiger partial charge in [-0.05, 0) is 32.6 Å². The van der Waals surface area contributed by atoms with E-state index in [-0.39, 0.29) is 11.1 Å². The quantitative estimate of drug-likeness (QED) is 0.869. The normalized spacial score (nSPS) is 20.9. The van der Waals surface area contributed by atoms with Crippen molar-refractivity contribution in [3.8, 4) is 0 Å². The van der Waals surface area contributed by atoms with Crippen LogP contribution in [0.4, 0.5) is 5.69 Å². The molecule has 0 radical (unpaired) electrons. The van der Waals surface area contributed by atoms with Gasteiger partial charge in [-0.2, -0.15) is 4.31 Å². The highest BCUT2D eigenvalue weighted by molar-refractivity contribution is 7.89. The molecule has 2 heterocycles. The number of nitrogens with zero attached hydrogens (tertiary/aromatic N) is 3. The van der Waals surface area contributed by atoms with E-state index in [0.29, 0.717) is 18.8 Å². The van der Waals surface area contributed by atoms with Gasteiger partial charge >= 0.3 is 0 Å². The lowest BCUT2D eigenvalue weighted by Crippen LogP contribution is -2.35. The van der Waals surface area contributed by atoms with Crippen molar-refractivity contribution in [2.24, 2.45) is 0 Å². The number of aromatic nitrogens is 1. The average Bonchev–Trinajstić information content (AvgIpc) is 2.89. The van der Waals surface area contributed by atoms with E-state index < -0.39 is 10.0 Å². The molecule has 1 aliphatic rings. The number of sulfonamides is 1. The number of hydrogen-bond donors (Lipinski definition) is 1. The van der Waals surface area contributed by atoms with E-state index in [2.05, 4.69) is 15.2 Å². The second-order valence-electron chi connectivity index (χ2n) is 4.88. The van der Waals surface area contributed by atoms with Gasteiger partial charge in [0.25, 0.3) is 10.0 Å². The minimum Gasteiger partial charge on any atom is -0.386 e.